The Morgan fingerprint density at radius 1 is 1.16 bits per heavy atom. The van der Waals surface area contributed by atoms with Crippen LogP contribution in [-0.4, -0.2) is 15.0 Å². The number of hydrogen-bond donors (Lipinski definition) is 1. The highest BCUT2D eigenvalue weighted by Crippen LogP contribution is 2.13. The van der Waals surface area contributed by atoms with Gasteiger partial charge in [-0.1, -0.05) is 0 Å². The molecule has 2 rings (SSSR count). The molecule has 2 aromatic rings. The summed E-state index contributed by atoms with van der Waals surface area (Å²) in [6.45, 7) is 0.178. The van der Waals surface area contributed by atoms with Crippen molar-refractivity contribution in [3.05, 3.63) is 52.2 Å². The lowest BCUT2D eigenvalue weighted by Gasteiger charge is -2.06. The van der Waals surface area contributed by atoms with Crippen molar-refractivity contribution in [2.24, 2.45) is 0 Å². The second kappa shape index (κ2) is 5.77. The van der Waals surface area contributed by atoms with Crippen LogP contribution in [0, 0.1) is 11.6 Å². The number of sulfonamides is 1. The zero-order chi connectivity index (χ0) is 13.9. The Morgan fingerprint density at radius 2 is 1.84 bits per heavy atom. The number of hydrogen-bond acceptors (Lipinski definition) is 3. The van der Waals surface area contributed by atoms with E-state index in [2.05, 4.69) is 4.72 Å². The van der Waals surface area contributed by atoms with Crippen LogP contribution in [0.25, 0.3) is 0 Å². The van der Waals surface area contributed by atoms with Crippen LogP contribution < -0.4 is 4.72 Å². The van der Waals surface area contributed by atoms with E-state index >= 15 is 0 Å². The number of rotatable bonds is 5. The molecule has 0 saturated carbocycles. The van der Waals surface area contributed by atoms with E-state index in [9.17, 15) is 17.2 Å². The predicted molar refractivity (Wildman–Crippen MR) is 69.6 cm³/mol. The van der Waals surface area contributed by atoms with Gasteiger partial charge in [0.05, 0.1) is 4.90 Å². The van der Waals surface area contributed by atoms with E-state index in [0.717, 1.165) is 17.7 Å². The molecule has 0 bridgehead atoms. The van der Waals surface area contributed by atoms with Gasteiger partial charge in [0.15, 0.2) is 0 Å². The average Bonchev–Trinajstić information content (AvgIpc) is 2.80. The Labute approximate surface area is 114 Å². The molecule has 0 unspecified atom stereocenters. The molecule has 0 spiro atoms. The third kappa shape index (κ3) is 3.82. The van der Waals surface area contributed by atoms with Crippen molar-refractivity contribution in [2.45, 2.75) is 11.3 Å². The van der Waals surface area contributed by atoms with Crippen LogP contribution >= 0.6 is 11.3 Å². The Hall–Kier alpha value is -1.31. The summed E-state index contributed by atoms with van der Waals surface area (Å²) in [7, 11) is -3.89. The summed E-state index contributed by atoms with van der Waals surface area (Å²) < 4.78 is 51.9. The normalized spacial score (nSPS) is 11.7. The van der Waals surface area contributed by atoms with Crippen molar-refractivity contribution < 1.29 is 17.2 Å². The summed E-state index contributed by atoms with van der Waals surface area (Å²) >= 11 is 1.52. The van der Waals surface area contributed by atoms with Crippen LogP contribution in [-0.2, 0) is 16.4 Å². The SMILES string of the molecule is O=S(=O)(NCCc1ccsc1)c1cc(F)cc(F)c1. The lowest BCUT2D eigenvalue weighted by Crippen LogP contribution is -2.26. The molecule has 0 atom stereocenters. The zero-order valence-corrected chi connectivity index (χ0v) is 11.4. The highest BCUT2D eigenvalue weighted by Gasteiger charge is 2.15. The van der Waals surface area contributed by atoms with E-state index in [4.69, 9.17) is 0 Å². The molecule has 1 aromatic carbocycles. The first-order valence-corrected chi connectivity index (χ1v) is 7.87. The molecule has 0 radical (unpaired) electrons. The van der Waals surface area contributed by atoms with Gasteiger partial charge in [-0.15, -0.1) is 0 Å². The first-order chi connectivity index (χ1) is 8.97. The van der Waals surface area contributed by atoms with Crippen LogP contribution in [0.3, 0.4) is 0 Å². The smallest absolute Gasteiger partial charge is 0.211 e. The summed E-state index contributed by atoms with van der Waals surface area (Å²) in [5, 5.41) is 3.81. The second-order valence-corrected chi connectivity index (χ2v) is 6.43. The van der Waals surface area contributed by atoms with Crippen molar-refractivity contribution in [1.82, 2.24) is 4.72 Å². The largest absolute Gasteiger partial charge is 0.240 e. The third-order valence-electron chi connectivity index (χ3n) is 2.43. The number of nitrogens with one attached hydrogen (secondary N) is 1. The minimum Gasteiger partial charge on any atom is -0.211 e. The molecule has 0 fully saturated rings. The molecule has 3 nitrogen and oxygen atoms in total. The maximum Gasteiger partial charge on any atom is 0.240 e. The van der Waals surface area contributed by atoms with Crippen LogP contribution in [0.5, 0.6) is 0 Å². The summed E-state index contributed by atoms with van der Waals surface area (Å²) in [5.74, 6) is -1.84. The van der Waals surface area contributed by atoms with Gasteiger partial charge in [0.1, 0.15) is 11.6 Å². The van der Waals surface area contributed by atoms with E-state index in [1.165, 1.54) is 11.3 Å². The molecule has 102 valence electrons. The maximum absolute atomic E-state index is 13.0. The Kier molecular flexibility index (Phi) is 4.28. The Balaban J connectivity index is 2.05. The van der Waals surface area contributed by atoms with Gasteiger partial charge in [-0.2, -0.15) is 11.3 Å². The van der Waals surface area contributed by atoms with Gasteiger partial charge in [-0.3, -0.25) is 0 Å². The molecule has 1 aromatic heterocycles. The lowest BCUT2D eigenvalue weighted by atomic mass is 10.2. The van der Waals surface area contributed by atoms with Crippen molar-refractivity contribution in [1.29, 1.82) is 0 Å². The maximum atomic E-state index is 13.0. The number of thiophene rings is 1. The van der Waals surface area contributed by atoms with E-state index in [1.54, 1.807) is 0 Å². The van der Waals surface area contributed by atoms with Gasteiger partial charge in [0.2, 0.25) is 10.0 Å². The van der Waals surface area contributed by atoms with Crippen LogP contribution in [0.2, 0.25) is 0 Å². The van der Waals surface area contributed by atoms with Gasteiger partial charge in [-0.25, -0.2) is 21.9 Å². The summed E-state index contributed by atoms with van der Waals surface area (Å²) in [6.07, 6.45) is 0.528. The highest BCUT2D eigenvalue weighted by molar-refractivity contribution is 7.89. The predicted octanol–water partition coefficient (Wildman–Crippen LogP) is 2.55. The monoisotopic (exact) mass is 303 g/mol. The van der Waals surface area contributed by atoms with E-state index in [-0.39, 0.29) is 6.54 Å². The van der Waals surface area contributed by atoms with E-state index in [1.807, 2.05) is 16.8 Å². The minimum absolute atomic E-state index is 0.178. The molecule has 0 saturated heterocycles. The standard InChI is InChI=1S/C12H11F2NO2S2/c13-10-5-11(14)7-12(6-10)19(16,17)15-3-1-9-2-4-18-8-9/h2,4-8,15H,1,3H2. The van der Waals surface area contributed by atoms with Crippen LogP contribution in [0.1, 0.15) is 5.56 Å². The molecular formula is C12H11F2NO2S2. The van der Waals surface area contributed by atoms with Gasteiger partial charge in [0.25, 0.3) is 0 Å². The quantitative estimate of drug-likeness (QED) is 0.922. The van der Waals surface area contributed by atoms with Crippen LogP contribution in [0.15, 0.2) is 39.9 Å². The average molecular weight is 303 g/mol. The van der Waals surface area contributed by atoms with Crippen molar-refractivity contribution >= 4 is 21.4 Å². The highest BCUT2D eigenvalue weighted by atomic mass is 32.2. The van der Waals surface area contributed by atoms with Gasteiger partial charge in [0, 0.05) is 12.6 Å². The van der Waals surface area contributed by atoms with Crippen molar-refractivity contribution in [3.63, 3.8) is 0 Å². The molecule has 7 heteroatoms. The molecule has 1 N–H and O–H groups in total. The van der Waals surface area contributed by atoms with E-state index in [0.29, 0.717) is 12.5 Å². The lowest BCUT2D eigenvalue weighted by molar-refractivity contribution is 0.561. The van der Waals surface area contributed by atoms with Gasteiger partial charge in [-0.05, 0) is 40.9 Å². The van der Waals surface area contributed by atoms with Crippen LogP contribution in [0.4, 0.5) is 8.78 Å². The van der Waals surface area contributed by atoms with Gasteiger partial charge >= 0.3 is 0 Å². The zero-order valence-electron chi connectivity index (χ0n) is 9.77. The molecule has 0 aliphatic carbocycles. The summed E-state index contributed by atoms with van der Waals surface area (Å²) in [6, 6.07) is 4.09. The molecule has 1 heterocycles. The fourth-order valence-electron chi connectivity index (χ4n) is 1.53. The minimum atomic E-state index is -3.89. The topological polar surface area (TPSA) is 46.2 Å². The Morgan fingerprint density at radius 3 is 2.42 bits per heavy atom. The first kappa shape index (κ1) is 14.1. The van der Waals surface area contributed by atoms with Crippen molar-refractivity contribution in [3.8, 4) is 0 Å². The number of halogens is 2. The molecule has 0 amide bonds. The van der Waals surface area contributed by atoms with Gasteiger partial charge < -0.3 is 0 Å². The fourth-order valence-corrected chi connectivity index (χ4v) is 3.31. The second-order valence-electron chi connectivity index (χ2n) is 3.88. The number of benzene rings is 1. The Bertz CT molecular complexity index is 634. The summed E-state index contributed by atoms with van der Waals surface area (Å²) in [4.78, 5) is -0.407. The van der Waals surface area contributed by atoms with Crippen molar-refractivity contribution in [2.75, 3.05) is 6.54 Å². The third-order valence-corrected chi connectivity index (χ3v) is 4.60. The van der Waals surface area contributed by atoms with E-state index < -0.39 is 26.6 Å². The summed E-state index contributed by atoms with van der Waals surface area (Å²) in [5.41, 5.74) is 1.01. The first-order valence-electron chi connectivity index (χ1n) is 5.44. The molecule has 19 heavy (non-hydrogen) atoms. The fraction of sp³-hybridized carbons (Fsp3) is 0.167. The molecule has 0 aliphatic heterocycles. The molecular weight excluding hydrogens is 292 g/mol. The molecule has 0 aliphatic rings.